The molecule has 0 saturated heterocycles. The Hall–Kier alpha value is -1.55. The van der Waals surface area contributed by atoms with E-state index in [1.807, 2.05) is 52.0 Å². The largest absolute Gasteiger partial charge is 0.257 e. The minimum absolute atomic E-state index is 0.825. The third-order valence-corrected chi connectivity index (χ3v) is 3.61. The van der Waals surface area contributed by atoms with Crippen LogP contribution in [-0.4, -0.2) is 20.4 Å². The quantitative estimate of drug-likeness (QED) is 0.842. The van der Waals surface area contributed by atoms with Crippen LogP contribution in [0.4, 0.5) is 0 Å². The molecule has 19 heavy (non-hydrogen) atoms. The number of rotatable bonds is 2. The maximum atomic E-state index is 11.3. The summed E-state index contributed by atoms with van der Waals surface area (Å²) in [6.07, 6.45) is 3.44. The summed E-state index contributed by atoms with van der Waals surface area (Å²) in [6, 6.07) is 7.58. The minimum Gasteiger partial charge on any atom is -0.257 e. The smallest absolute Gasteiger partial charge is 0.0888 e. The summed E-state index contributed by atoms with van der Waals surface area (Å²) >= 11 is 0. The first kappa shape index (κ1) is 15.5. The predicted molar refractivity (Wildman–Crippen MR) is 80.6 cm³/mol. The molecule has 0 fully saturated rings. The lowest BCUT2D eigenvalue weighted by atomic mass is 10.1. The van der Waals surface area contributed by atoms with E-state index >= 15 is 0 Å². The van der Waals surface area contributed by atoms with Crippen molar-refractivity contribution >= 4 is 10.8 Å². The first-order valence-electron chi connectivity index (χ1n) is 6.32. The highest BCUT2D eigenvalue weighted by Gasteiger charge is 2.03. The van der Waals surface area contributed by atoms with Gasteiger partial charge in [-0.05, 0) is 26.0 Å². The fourth-order valence-electron chi connectivity index (χ4n) is 1.50. The van der Waals surface area contributed by atoms with Gasteiger partial charge in [-0.15, -0.1) is 0 Å². The van der Waals surface area contributed by atoms with Gasteiger partial charge < -0.3 is 0 Å². The molecule has 0 aliphatic heterocycles. The fraction of sp³-hybridized carbons (Fsp3) is 0.333. The monoisotopic (exact) mass is 276 g/mol. The van der Waals surface area contributed by atoms with Crippen LogP contribution in [0.3, 0.4) is 0 Å². The summed E-state index contributed by atoms with van der Waals surface area (Å²) in [7, 11) is -0.938. The van der Waals surface area contributed by atoms with Crippen molar-refractivity contribution in [3.05, 3.63) is 41.9 Å². The van der Waals surface area contributed by atoms with E-state index in [1.54, 1.807) is 12.5 Å². The lowest BCUT2D eigenvalue weighted by molar-refractivity contribution is 0.687. The maximum absolute atomic E-state index is 11.3. The number of aryl methyl sites for hydroxylation is 2. The van der Waals surface area contributed by atoms with Crippen LogP contribution in [0, 0.1) is 13.8 Å². The molecule has 102 valence electrons. The van der Waals surface area contributed by atoms with E-state index in [9.17, 15) is 4.21 Å². The van der Waals surface area contributed by atoms with Crippen molar-refractivity contribution in [2.45, 2.75) is 32.6 Å². The SMILES string of the molecule is CC.Cc1ncc(-c2ccc(S(C)=O)cc2)nc1C. The Bertz CT molecular complexity index is 565. The molecule has 0 spiro atoms. The third kappa shape index (κ3) is 3.96. The van der Waals surface area contributed by atoms with E-state index < -0.39 is 10.8 Å². The normalized spacial score (nSPS) is 11.4. The Kier molecular flexibility index (Phi) is 5.83. The van der Waals surface area contributed by atoms with Crippen LogP contribution in [0.5, 0.6) is 0 Å². The molecule has 1 atom stereocenters. The summed E-state index contributed by atoms with van der Waals surface area (Å²) in [5.41, 5.74) is 3.72. The second-order valence-electron chi connectivity index (χ2n) is 3.90. The highest BCUT2D eigenvalue weighted by Crippen LogP contribution is 2.18. The van der Waals surface area contributed by atoms with Crippen molar-refractivity contribution in [3.63, 3.8) is 0 Å². The van der Waals surface area contributed by atoms with Gasteiger partial charge in [-0.1, -0.05) is 26.0 Å². The molecule has 1 heterocycles. The molecule has 1 unspecified atom stereocenters. The molecular formula is C15H20N2OS. The number of nitrogens with zero attached hydrogens (tertiary/aromatic N) is 2. The van der Waals surface area contributed by atoms with Crippen LogP contribution in [0.15, 0.2) is 35.4 Å². The average molecular weight is 276 g/mol. The van der Waals surface area contributed by atoms with Crippen LogP contribution in [0.2, 0.25) is 0 Å². The summed E-state index contributed by atoms with van der Waals surface area (Å²) in [5, 5.41) is 0. The van der Waals surface area contributed by atoms with E-state index in [4.69, 9.17) is 0 Å². The van der Waals surface area contributed by atoms with Gasteiger partial charge in [0.1, 0.15) is 0 Å². The molecule has 3 nitrogen and oxygen atoms in total. The molecule has 0 radical (unpaired) electrons. The first-order valence-corrected chi connectivity index (χ1v) is 7.88. The Morgan fingerprint density at radius 3 is 2.05 bits per heavy atom. The second kappa shape index (κ2) is 7.14. The molecule has 4 heteroatoms. The third-order valence-electron chi connectivity index (χ3n) is 2.67. The molecule has 0 aliphatic carbocycles. The first-order chi connectivity index (χ1) is 9.08. The molecule has 2 aromatic rings. The van der Waals surface area contributed by atoms with E-state index in [1.165, 1.54) is 0 Å². The molecular weight excluding hydrogens is 256 g/mol. The molecule has 2 rings (SSSR count). The molecule has 0 saturated carbocycles. The molecule has 1 aromatic carbocycles. The van der Waals surface area contributed by atoms with Crippen LogP contribution in [0.25, 0.3) is 11.3 Å². The van der Waals surface area contributed by atoms with Crippen molar-refractivity contribution in [3.8, 4) is 11.3 Å². The highest BCUT2D eigenvalue weighted by molar-refractivity contribution is 7.84. The van der Waals surface area contributed by atoms with Crippen molar-refractivity contribution in [1.82, 2.24) is 9.97 Å². The molecule has 0 bridgehead atoms. The zero-order valence-corrected chi connectivity index (χ0v) is 12.9. The van der Waals surface area contributed by atoms with Crippen molar-refractivity contribution < 1.29 is 4.21 Å². The summed E-state index contributed by atoms with van der Waals surface area (Å²) in [6.45, 7) is 7.89. The number of hydrogen-bond acceptors (Lipinski definition) is 3. The zero-order valence-electron chi connectivity index (χ0n) is 12.1. The van der Waals surface area contributed by atoms with Gasteiger partial charge in [0.25, 0.3) is 0 Å². The predicted octanol–water partition coefficient (Wildman–Crippen LogP) is 3.52. The number of hydrogen-bond donors (Lipinski definition) is 0. The van der Waals surface area contributed by atoms with Crippen molar-refractivity contribution in [1.29, 1.82) is 0 Å². The van der Waals surface area contributed by atoms with E-state index in [-0.39, 0.29) is 0 Å². The van der Waals surface area contributed by atoms with Gasteiger partial charge in [0.05, 0.1) is 23.3 Å². The molecule has 1 aromatic heterocycles. The van der Waals surface area contributed by atoms with Crippen LogP contribution in [-0.2, 0) is 10.8 Å². The lowest BCUT2D eigenvalue weighted by Crippen LogP contribution is -1.94. The van der Waals surface area contributed by atoms with E-state index in [2.05, 4.69) is 9.97 Å². The van der Waals surface area contributed by atoms with Gasteiger partial charge in [-0.25, -0.2) is 4.98 Å². The second-order valence-corrected chi connectivity index (χ2v) is 5.28. The number of benzene rings is 1. The van der Waals surface area contributed by atoms with Gasteiger partial charge in [0.2, 0.25) is 0 Å². The van der Waals surface area contributed by atoms with E-state index in [0.29, 0.717) is 0 Å². The maximum Gasteiger partial charge on any atom is 0.0888 e. The van der Waals surface area contributed by atoms with Gasteiger partial charge in [-0.2, -0.15) is 0 Å². The van der Waals surface area contributed by atoms with E-state index in [0.717, 1.165) is 27.5 Å². The fourth-order valence-corrected chi connectivity index (χ4v) is 2.02. The Labute approximate surface area is 117 Å². The Balaban J connectivity index is 0.000000861. The van der Waals surface area contributed by atoms with Crippen LogP contribution in [0.1, 0.15) is 25.2 Å². The minimum atomic E-state index is -0.938. The summed E-state index contributed by atoms with van der Waals surface area (Å²) < 4.78 is 11.3. The van der Waals surface area contributed by atoms with Gasteiger partial charge in [0.15, 0.2) is 0 Å². The molecule has 0 aliphatic rings. The van der Waals surface area contributed by atoms with Crippen LogP contribution >= 0.6 is 0 Å². The molecule has 0 amide bonds. The summed E-state index contributed by atoms with van der Waals surface area (Å²) in [5.74, 6) is 0. The van der Waals surface area contributed by atoms with Crippen LogP contribution < -0.4 is 0 Å². The Morgan fingerprint density at radius 2 is 1.58 bits per heavy atom. The van der Waals surface area contributed by atoms with Gasteiger partial charge in [0, 0.05) is 27.5 Å². The Morgan fingerprint density at radius 1 is 1.00 bits per heavy atom. The van der Waals surface area contributed by atoms with Gasteiger partial charge in [-0.3, -0.25) is 9.19 Å². The topological polar surface area (TPSA) is 42.9 Å². The molecule has 0 N–H and O–H groups in total. The highest BCUT2D eigenvalue weighted by atomic mass is 32.2. The van der Waals surface area contributed by atoms with Crippen molar-refractivity contribution in [2.75, 3.05) is 6.26 Å². The average Bonchev–Trinajstić information content (AvgIpc) is 2.44. The lowest BCUT2D eigenvalue weighted by Gasteiger charge is -2.04. The summed E-state index contributed by atoms with van der Waals surface area (Å²) in [4.78, 5) is 9.59. The van der Waals surface area contributed by atoms with Crippen molar-refractivity contribution in [2.24, 2.45) is 0 Å². The zero-order chi connectivity index (χ0) is 14.4. The standard InChI is InChI=1S/C13H14N2OS.C2H6/c1-9-10(2)15-13(8-14-9)11-4-6-12(7-5-11)17(3)16;1-2/h4-8H,1-3H3;1-2H3. The number of aromatic nitrogens is 2. The van der Waals surface area contributed by atoms with Gasteiger partial charge >= 0.3 is 0 Å².